The van der Waals surface area contributed by atoms with E-state index in [9.17, 15) is 0 Å². The minimum absolute atomic E-state index is 0.369. The molecule has 20 heavy (non-hydrogen) atoms. The number of fused-ring (bicyclic) bond motifs is 1. The Balaban J connectivity index is 1.71. The van der Waals surface area contributed by atoms with E-state index >= 15 is 0 Å². The lowest BCUT2D eigenvalue weighted by atomic mass is 9.89. The van der Waals surface area contributed by atoms with Crippen molar-refractivity contribution in [1.82, 2.24) is 5.32 Å². The summed E-state index contributed by atoms with van der Waals surface area (Å²) in [5, 5.41) is 3.44. The molecule has 3 rings (SSSR count). The van der Waals surface area contributed by atoms with Gasteiger partial charge < -0.3 is 19.5 Å². The molecule has 1 aromatic carbocycles. The summed E-state index contributed by atoms with van der Waals surface area (Å²) in [5.41, 5.74) is 1.28. The van der Waals surface area contributed by atoms with Gasteiger partial charge in [0.25, 0.3) is 0 Å². The van der Waals surface area contributed by atoms with Crippen LogP contribution < -0.4 is 14.8 Å². The van der Waals surface area contributed by atoms with E-state index in [1.54, 1.807) is 0 Å². The smallest absolute Gasteiger partial charge is 0.161 e. The molecule has 4 heteroatoms. The third-order valence-electron chi connectivity index (χ3n) is 4.23. The lowest BCUT2D eigenvalue weighted by Crippen LogP contribution is -2.24. The van der Waals surface area contributed by atoms with E-state index in [1.165, 1.54) is 18.4 Å². The molecular formula is C16H23NO3. The largest absolute Gasteiger partial charge is 0.486 e. The van der Waals surface area contributed by atoms with Gasteiger partial charge in [0.2, 0.25) is 0 Å². The van der Waals surface area contributed by atoms with Crippen molar-refractivity contribution in [3.05, 3.63) is 23.8 Å². The van der Waals surface area contributed by atoms with Crippen molar-refractivity contribution in [3.63, 3.8) is 0 Å². The van der Waals surface area contributed by atoms with Gasteiger partial charge in [0.15, 0.2) is 11.5 Å². The van der Waals surface area contributed by atoms with Crippen LogP contribution in [0.5, 0.6) is 11.5 Å². The summed E-state index contributed by atoms with van der Waals surface area (Å²) in [7, 11) is 2.03. The van der Waals surface area contributed by atoms with Gasteiger partial charge >= 0.3 is 0 Å². The molecule has 0 radical (unpaired) electrons. The van der Waals surface area contributed by atoms with Gasteiger partial charge in [-0.1, -0.05) is 6.07 Å². The predicted octanol–water partition coefficient (Wildman–Crippen LogP) is 2.54. The van der Waals surface area contributed by atoms with Crippen molar-refractivity contribution in [2.75, 3.05) is 33.5 Å². The Morgan fingerprint density at radius 2 is 1.85 bits per heavy atom. The highest BCUT2D eigenvalue weighted by Gasteiger charge is 2.21. The van der Waals surface area contributed by atoms with E-state index in [1.807, 2.05) is 13.1 Å². The summed E-state index contributed by atoms with van der Waals surface area (Å²) in [5.74, 6) is 2.48. The molecule has 0 aliphatic carbocycles. The molecular weight excluding hydrogens is 254 g/mol. The molecule has 1 fully saturated rings. The first kappa shape index (κ1) is 13.7. The van der Waals surface area contributed by atoms with E-state index in [0.29, 0.717) is 19.3 Å². The summed E-state index contributed by atoms with van der Waals surface area (Å²) in [6.07, 6.45) is 3.49. The van der Waals surface area contributed by atoms with Crippen molar-refractivity contribution in [2.45, 2.75) is 25.3 Å². The Bertz CT molecular complexity index is 443. The van der Waals surface area contributed by atoms with Gasteiger partial charge in [0.1, 0.15) is 13.2 Å². The fourth-order valence-electron chi connectivity index (χ4n) is 3.01. The van der Waals surface area contributed by atoms with Crippen molar-refractivity contribution < 1.29 is 14.2 Å². The van der Waals surface area contributed by atoms with E-state index in [2.05, 4.69) is 17.4 Å². The predicted molar refractivity (Wildman–Crippen MR) is 77.4 cm³/mol. The quantitative estimate of drug-likeness (QED) is 0.918. The Labute approximate surface area is 120 Å². The molecule has 0 bridgehead atoms. The topological polar surface area (TPSA) is 39.7 Å². The molecule has 0 saturated carbocycles. The fourth-order valence-corrected chi connectivity index (χ4v) is 3.01. The van der Waals surface area contributed by atoms with Gasteiger partial charge in [0.05, 0.1) is 0 Å². The van der Waals surface area contributed by atoms with Crippen LogP contribution in [0.15, 0.2) is 18.2 Å². The summed E-state index contributed by atoms with van der Waals surface area (Å²) in [6.45, 7) is 3.09. The van der Waals surface area contributed by atoms with Crippen LogP contribution in [0.2, 0.25) is 0 Å². The van der Waals surface area contributed by atoms with Crippen LogP contribution >= 0.6 is 0 Å². The van der Waals surface area contributed by atoms with Crippen LogP contribution in [0.3, 0.4) is 0 Å². The number of hydrogen-bond acceptors (Lipinski definition) is 4. The Morgan fingerprint density at radius 3 is 2.60 bits per heavy atom. The molecule has 1 N–H and O–H groups in total. The van der Waals surface area contributed by atoms with Gasteiger partial charge in [0, 0.05) is 19.3 Å². The monoisotopic (exact) mass is 277 g/mol. The lowest BCUT2D eigenvalue weighted by molar-refractivity contribution is 0.0607. The zero-order chi connectivity index (χ0) is 13.8. The SMILES string of the molecule is CNC(CC1CCOCC1)c1ccc2c(c1)OCCO2. The number of benzene rings is 1. The third-order valence-corrected chi connectivity index (χ3v) is 4.23. The second kappa shape index (κ2) is 6.46. The minimum atomic E-state index is 0.369. The van der Waals surface area contributed by atoms with Crippen LogP contribution in [0.4, 0.5) is 0 Å². The van der Waals surface area contributed by atoms with Crippen molar-refractivity contribution in [2.24, 2.45) is 5.92 Å². The zero-order valence-corrected chi connectivity index (χ0v) is 12.1. The maximum Gasteiger partial charge on any atom is 0.161 e. The van der Waals surface area contributed by atoms with Crippen molar-refractivity contribution in [1.29, 1.82) is 0 Å². The minimum Gasteiger partial charge on any atom is -0.486 e. The molecule has 1 saturated heterocycles. The molecule has 1 aromatic rings. The number of hydrogen-bond donors (Lipinski definition) is 1. The molecule has 2 aliphatic rings. The maximum absolute atomic E-state index is 5.68. The van der Waals surface area contributed by atoms with Crippen LogP contribution in [0.1, 0.15) is 30.9 Å². The number of nitrogens with one attached hydrogen (secondary N) is 1. The lowest BCUT2D eigenvalue weighted by Gasteiger charge is -2.27. The van der Waals surface area contributed by atoms with E-state index < -0.39 is 0 Å². The summed E-state index contributed by atoms with van der Waals surface area (Å²) in [6, 6.07) is 6.66. The molecule has 110 valence electrons. The van der Waals surface area contributed by atoms with Gasteiger partial charge in [-0.2, -0.15) is 0 Å². The first-order valence-corrected chi connectivity index (χ1v) is 7.51. The van der Waals surface area contributed by atoms with Crippen molar-refractivity contribution >= 4 is 0 Å². The standard InChI is InChI=1S/C16H23NO3/c1-17-14(10-12-4-6-18-7-5-12)13-2-3-15-16(11-13)20-9-8-19-15/h2-3,11-12,14,17H,4-10H2,1H3. The van der Waals surface area contributed by atoms with Gasteiger partial charge in [-0.05, 0) is 49.9 Å². The van der Waals surface area contributed by atoms with Gasteiger partial charge in [-0.3, -0.25) is 0 Å². The molecule has 2 aliphatic heterocycles. The van der Waals surface area contributed by atoms with Crippen molar-refractivity contribution in [3.8, 4) is 11.5 Å². The molecule has 2 heterocycles. The Morgan fingerprint density at radius 1 is 1.10 bits per heavy atom. The second-order valence-electron chi connectivity index (χ2n) is 5.54. The zero-order valence-electron chi connectivity index (χ0n) is 12.1. The Hall–Kier alpha value is -1.26. The number of rotatable bonds is 4. The molecule has 0 spiro atoms. The van der Waals surface area contributed by atoms with Crippen LogP contribution in [0, 0.1) is 5.92 Å². The number of ether oxygens (including phenoxy) is 3. The third kappa shape index (κ3) is 3.07. The Kier molecular flexibility index (Phi) is 4.43. The van der Waals surface area contributed by atoms with Crippen LogP contribution in [-0.4, -0.2) is 33.5 Å². The first-order valence-electron chi connectivity index (χ1n) is 7.51. The highest BCUT2D eigenvalue weighted by atomic mass is 16.6. The van der Waals surface area contributed by atoms with E-state index in [0.717, 1.165) is 37.1 Å². The second-order valence-corrected chi connectivity index (χ2v) is 5.54. The molecule has 4 nitrogen and oxygen atoms in total. The highest BCUT2D eigenvalue weighted by molar-refractivity contribution is 5.44. The average Bonchev–Trinajstić information content (AvgIpc) is 2.53. The molecule has 0 aromatic heterocycles. The highest BCUT2D eigenvalue weighted by Crippen LogP contribution is 2.35. The van der Waals surface area contributed by atoms with Crippen LogP contribution in [0.25, 0.3) is 0 Å². The normalized spacial score (nSPS) is 20.6. The summed E-state index contributed by atoms with van der Waals surface area (Å²) < 4.78 is 16.7. The molecule has 1 atom stereocenters. The average molecular weight is 277 g/mol. The van der Waals surface area contributed by atoms with E-state index in [-0.39, 0.29) is 0 Å². The van der Waals surface area contributed by atoms with Gasteiger partial charge in [-0.25, -0.2) is 0 Å². The van der Waals surface area contributed by atoms with Crippen LogP contribution in [-0.2, 0) is 4.74 Å². The summed E-state index contributed by atoms with van der Waals surface area (Å²) in [4.78, 5) is 0. The molecule has 0 amide bonds. The van der Waals surface area contributed by atoms with E-state index in [4.69, 9.17) is 14.2 Å². The summed E-state index contributed by atoms with van der Waals surface area (Å²) >= 11 is 0. The van der Waals surface area contributed by atoms with Gasteiger partial charge in [-0.15, -0.1) is 0 Å². The maximum atomic E-state index is 5.68. The molecule has 1 unspecified atom stereocenters. The first-order chi connectivity index (χ1) is 9.86. The fraction of sp³-hybridized carbons (Fsp3) is 0.625.